The number of halogens is 2. The van der Waals surface area contributed by atoms with E-state index in [4.69, 9.17) is 5.14 Å². The van der Waals surface area contributed by atoms with E-state index in [0.717, 1.165) is 0 Å². The SMILES string of the molecule is Cc1cc(C(=O)N(C)C2CCC(F)(F)CC2)cc(S(N)(=O)=O)c1C. The predicted octanol–water partition coefficient (Wildman–Crippen LogP) is 2.60. The highest BCUT2D eigenvalue weighted by atomic mass is 32.2. The monoisotopic (exact) mass is 360 g/mol. The zero-order valence-corrected chi connectivity index (χ0v) is 14.8. The molecule has 1 fully saturated rings. The fraction of sp³-hybridized carbons (Fsp3) is 0.562. The van der Waals surface area contributed by atoms with Gasteiger partial charge in [-0.15, -0.1) is 0 Å². The van der Waals surface area contributed by atoms with E-state index in [1.165, 1.54) is 11.0 Å². The Morgan fingerprint density at radius 3 is 2.29 bits per heavy atom. The van der Waals surface area contributed by atoms with Gasteiger partial charge in [0.05, 0.1) is 4.90 Å². The number of carbonyl (C=O) groups is 1. The molecular formula is C16H22F2N2O3S. The minimum Gasteiger partial charge on any atom is -0.339 e. The number of hydrogen-bond acceptors (Lipinski definition) is 3. The second-order valence-corrected chi connectivity index (χ2v) is 7.99. The molecule has 0 spiro atoms. The molecule has 1 saturated carbocycles. The van der Waals surface area contributed by atoms with Gasteiger partial charge in [0.25, 0.3) is 5.91 Å². The number of aryl methyl sites for hydroxylation is 1. The van der Waals surface area contributed by atoms with Gasteiger partial charge < -0.3 is 4.90 Å². The summed E-state index contributed by atoms with van der Waals surface area (Å²) in [6.07, 6.45) is -0.0421. The Balaban J connectivity index is 2.28. The first kappa shape index (κ1) is 18.8. The third-order valence-electron chi connectivity index (χ3n) is 4.73. The van der Waals surface area contributed by atoms with E-state index >= 15 is 0 Å². The molecule has 2 N–H and O–H groups in total. The number of hydrogen-bond donors (Lipinski definition) is 1. The van der Waals surface area contributed by atoms with E-state index < -0.39 is 21.9 Å². The highest BCUT2D eigenvalue weighted by molar-refractivity contribution is 7.89. The van der Waals surface area contributed by atoms with Crippen LogP contribution in [-0.2, 0) is 10.0 Å². The first-order chi connectivity index (χ1) is 10.9. The van der Waals surface area contributed by atoms with Crippen molar-refractivity contribution in [1.29, 1.82) is 0 Å². The van der Waals surface area contributed by atoms with Gasteiger partial charge in [0.2, 0.25) is 15.9 Å². The molecule has 0 heterocycles. The summed E-state index contributed by atoms with van der Waals surface area (Å²) in [4.78, 5) is 14.0. The van der Waals surface area contributed by atoms with Crippen molar-refractivity contribution in [1.82, 2.24) is 4.90 Å². The zero-order valence-electron chi connectivity index (χ0n) is 14.0. The van der Waals surface area contributed by atoms with E-state index in [9.17, 15) is 22.0 Å². The van der Waals surface area contributed by atoms with Crippen molar-refractivity contribution >= 4 is 15.9 Å². The quantitative estimate of drug-likeness (QED) is 0.900. The fourth-order valence-electron chi connectivity index (χ4n) is 3.03. The van der Waals surface area contributed by atoms with Crippen LogP contribution in [0.2, 0.25) is 0 Å². The van der Waals surface area contributed by atoms with Crippen LogP contribution in [0, 0.1) is 13.8 Å². The number of alkyl halides is 2. The number of carbonyl (C=O) groups excluding carboxylic acids is 1. The Bertz CT molecular complexity index is 753. The van der Waals surface area contributed by atoms with E-state index in [2.05, 4.69) is 0 Å². The molecule has 0 aliphatic heterocycles. The standard InChI is InChI=1S/C16H22F2N2O3S/c1-10-8-12(9-14(11(10)2)24(19,22)23)15(21)20(3)13-4-6-16(17,18)7-5-13/h8-9,13H,4-7H2,1-3H3,(H2,19,22,23). The maximum atomic E-state index is 13.3. The molecule has 2 rings (SSSR count). The summed E-state index contributed by atoms with van der Waals surface area (Å²) in [5.74, 6) is -3.06. The molecule has 0 saturated heterocycles. The maximum absolute atomic E-state index is 13.3. The molecule has 1 aliphatic carbocycles. The van der Waals surface area contributed by atoms with Crippen LogP contribution in [0.25, 0.3) is 0 Å². The minimum atomic E-state index is -3.95. The lowest BCUT2D eigenvalue weighted by atomic mass is 9.91. The van der Waals surface area contributed by atoms with Gasteiger partial charge in [-0.2, -0.15) is 0 Å². The lowest BCUT2D eigenvalue weighted by Crippen LogP contribution is -2.41. The number of sulfonamides is 1. The molecule has 8 heteroatoms. The highest BCUT2D eigenvalue weighted by Crippen LogP contribution is 2.35. The van der Waals surface area contributed by atoms with Crippen LogP contribution in [0.5, 0.6) is 0 Å². The smallest absolute Gasteiger partial charge is 0.253 e. The lowest BCUT2D eigenvalue weighted by Gasteiger charge is -2.34. The third-order valence-corrected chi connectivity index (χ3v) is 5.76. The molecule has 0 unspecified atom stereocenters. The van der Waals surface area contributed by atoms with Crippen molar-refractivity contribution in [2.24, 2.45) is 5.14 Å². The number of benzene rings is 1. The van der Waals surface area contributed by atoms with Crippen molar-refractivity contribution < 1.29 is 22.0 Å². The summed E-state index contributed by atoms with van der Waals surface area (Å²) in [6, 6.07) is 2.57. The molecule has 0 aromatic heterocycles. The normalized spacial score (nSPS) is 18.4. The third kappa shape index (κ3) is 3.92. The van der Waals surface area contributed by atoms with Gasteiger partial charge in [0.1, 0.15) is 0 Å². The summed E-state index contributed by atoms with van der Waals surface area (Å²) in [7, 11) is -2.39. The van der Waals surface area contributed by atoms with Crippen LogP contribution < -0.4 is 5.14 Å². The zero-order chi connectivity index (χ0) is 18.3. The Hall–Kier alpha value is -1.54. The summed E-state index contributed by atoms with van der Waals surface area (Å²) >= 11 is 0. The van der Waals surface area contributed by atoms with Crippen LogP contribution in [-0.4, -0.2) is 38.2 Å². The molecule has 1 amide bonds. The summed E-state index contributed by atoms with van der Waals surface area (Å²) < 4.78 is 49.9. The van der Waals surface area contributed by atoms with Crippen molar-refractivity contribution in [3.8, 4) is 0 Å². The van der Waals surface area contributed by atoms with Gasteiger partial charge in [0, 0.05) is 31.5 Å². The van der Waals surface area contributed by atoms with Gasteiger partial charge in [-0.1, -0.05) is 0 Å². The van der Waals surface area contributed by atoms with Crippen LogP contribution >= 0.6 is 0 Å². The van der Waals surface area contributed by atoms with Gasteiger partial charge in [-0.3, -0.25) is 4.79 Å². The first-order valence-corrected chi connectivity index (χ1v) is 9.26. The molecule has 0 bridgehead atoms. The van der Waals surface area contributed by atoms with Gasteiger partial charge in [-0.25, -0.2) is 22.3 Å². The second kappa shape index (κ2) is 6.40. The van der Waals surface area contributed by atoms with Crippen LogP contribution in [0.1, 0.15) is 47.2 Å². The van der Waals surface area contributed by atoms with Crippen LogP contribution in [0.4, 0.5) is 8.78 Å². The Labute approximate surface area is 140 Å². The van der Waals surface area contributed by atoms with Gasteiger partial charge in [0.15, 0.2) is 0 Å². The van der Waals surface area contributed by atoms with Crippen molar-refractivity contribution in [3.05, 3.63) is 28.8 Å². The Morgan fingerprint density at radius 1 is 1.25 bits per heavy atom. The lowest BCUT2D eigenvalue weighted by molar-refractivity contribution is -0.0490. The molecule has 1 aromatic rings. The van der Waals surface area contributed by atoms with Crippen molar-refractivity contribution in [2.75, 3.05) is 7.05 Å². The number of nitrogens with zero attached hydrogens (tertiary/aromatic N) is 1. The highest BCUT2D eigenvalue weighted by Gasteiger charge is 2.37. The van der Waals surface area contributed by atoms with Crippen molar-refractivity contribution in [3.63, 3.8) is 0 Å². The number of nitrogens with two attached hydrogens (primary N) is 1. The minimum absolute atomic E-state index is 0.0885. The molecule has 0 radical (unpaired) electrons. The summed E-state index contributed by atoms with van der Waals surface area (Å²) in [5.41, 5.74) is 1.32. The molecule has 5 nitrogen and oxygen atoms in total. The topological polar surface area (TPSA) is 80.5 Å². The molecule has 1 aromatic carbocycles. The van der Waals surface area contributed by atoms with Crippen molar-refractivity contribution in [2.45, 2.75) is 56.4 Å². The van der Waals surface area contributed by atoms with E-state index in [1.807, 2.05) is 0 Å². The molecule has 1 aliphatic rings. The van der Waals surface area contributed by atoms with Crippen LogP contribution in [0.15, 0.2) is 17.0 Å². The average Bonchev–Trinajstić information content (AvgIpc) is 2.47. The maximum Gasteiger partial charge on any atom is 0.253 e. The Morgan fingerprint density at radius 2 is 1.79 bits per heavy atom. The van der Waals surface area contributed by atoms with Crippen LogP contribution in [0.3, 0.4) is 0 Å². The van der Waals surface area contributed by atoms with E-state index in [-0.39, 0.29) is 42.2 Å². The molecule has 134 valence electrons. The first-order valence-electron chi connectivity index (χ1n) is 7.71. The average molecular weight is 360 g/mol. The second-order valence-electron chi connectivity index (χ2n) is 6.46. The fourth-order valence-corrected chi connectivity index (χ4v) is 3.91. The number of amides is 1. The van der Waals surface area contributed by atoms with E-state index in [1.54, 1.807) is 27.0 Å². The summed E-state index contributed by atoms with van der Waals surface area (Å²) in [6.45, 7) is 3.32. The number of primary sulfonamides is 1. The molecule has 0 atom stereocenters. The number of rotatable bonds is 3. The predicted molar refractivity (Wildman–Crippen MR) is 86.6 cm³/mol. The van der Waals surface area contributed by atoms with Gasteiger partial charge in [-0.05, 0) is 49.9 Å². The molecular weight excluding hydrogens is 338 g/mol. The molecule has 24 heavy (non-hydrogen) atoms. The summed E-state index contributed by atoms with van der Waals surface area (Å²) in [5, 5.41) is 5.21. The van der Waals surface area contributed by atoms with E-state index in [0.29, 0.717) is 11.1 Å². The Kier molecular flexibility index (Phi) is 5.01. The van der Waals surface area contributed by atoms with Gasteiger partial charge >= 0.3 is 0 Å². The largest absolute Gasteiger partial charge is 0.339 e.